The molecule has 0 spiro atoms. The number of hydrogen-bond donors (Lipinski definition) is 0. The molecule has 124 valence electrons. The number of hydrogen-bond acceptors (Lipinski definition) is 4. The smallest absolute Gasteiger partial charge is 0.0608 e. The minimum Gasteiger partial charge on any atom is -0.375 e. The Morgan fingerprint density at radius 3 is 2.57 bits per heavy atom. The highest BCUT2D eigenvalue weighted by molar-refractivity contribution is 7.98. The molecule has 2 aliphatic rings. The summed E-state index contributed by atoms with van der Waals surface area (Å²) in [4.78, 5) is 5.06. The van der Waals surface area contributed by atoms with Gasteiger partial charge in [-0.3, -0.25) is 0 Å². The molecule has 21 heavy (non-hydrogen) atoms. The number of piperidine rings is 1. The van der Waals surface area contributed by atoms with Crippen molar-refractivity contribution >= 4 is 11.8 Å². The van der Waals surface area contributed by atoms with E-state index < -0.39 is 0 Å². The van der Waals surface area contributed by atoms with Gasteiger partial charge in [0.2, 0.25) is 0 Å². The van der Waals surface area contributed by atoms with Crippen LogP contribution in [0, 0.1) is 5.92 Å². The molecule has 1 aliphatic heterocycles. The summed E-state index contributed by atoms with van der Waals surface area (Å²) in [5, 5.41) is 0. The van der Waals surface area contributed by atoms with Gasteiger partial charge in [-0.25, -0.2) is 0 Å². The molecule has 0 bridgehead atoms. The van der Waals surface area contributed by atoms with Crippen molar-refractivity contribution < 1.29 is 4.74 Å². The van der Waals surface area contributed by atoms with Crippen molar-refractivity contribution in [2.45, 2.75) is 57.3 Å². The van der Waals surface area contributed by atoms with E-state index in [9.17, 15) is 0 Å². The molecule has 3 nitrogen and oxygen atoms in total. The Hall–Kier alpha value is 0.230. The van der Waals surface area contributed by atoms with Crippen LogP contribution in [0.15, 0.2) is 0 Å². The summed E-state index contributed by atoms with van der Waals surface area (Å²) in [5.74, 6) is 2.12. The number of ether oxygens (including phenoxy) is 1. The van der Waals surface area contributed by atoms with E-state index >= 15 is 0 Å². The summed E-state index contributed by atoms with van der Waals surface area (Å²) in [6, 6.07) is 0.766. The largest absolute Gasteiger partial charge is 0.375 e. The first-order chi connectivity index (χ1) is 10.1. The van der Waals surface area contributed by atoms with Crippen molar-refractivity contribution in [3.63, 3.8) is 0 Å². The fraction of sp³-hybridized carbons (Fsp3) is 1.00. The van der Waals surface area contributed by atoms with Crippen LogP contribution in [0.25, 0.3) is 0 Å². The van der Waals surface area contributed by atoms with Crippen molar-refractivity contribution in [1.29, 1.82) is 0 Å². The average molecular weight is 315 g/mol. The van der Waals surface area contributed by atoms with Crippen LogP contribution in [0.4, 0.5) is 0 Å². The second-order valence-corrected chi connectivity index (χ2v) is 8.15. The maximum atomic E-state index is 6.13. The Bertz CT molecular complexity index is 289. The van der Waals surface area contributed by atoms with Crippen LogP contribution in [0.5, 0.6) is 0 Å². The van der Waals surface area contributed by atoms with Gasteiger partial charge in [0.1, 0.15) is 0 Å². The predicted octanol–water partition coefficient (Wildman–Crippen LogP) is 2.95. The minimum absolute atomic E-state index is 0.433. The van der Waals surface area contributed by atoms with Crippen LogP contribution in [0.2, 0.25) is 0 Å². The van der Waals surface area contributed by atoms with Gasteiger partial charge >= 0.3 is 0 Å². The first-order valence-electron chi connectivity index (χ1n) is 8.61. The summed E-state index contributed by atoms with van der Waals surface area (Å²) in [6.45, 7) is 6.07. The van der Waals surface area contributed by atoms with E-state index in [4.69, 9.17) is 4.74 Å². The summed E-state index contributed by atoms with van der Waals surface area (Å²) in [5.41, 5.74) is 0. The van der Waals surface area contributed by atoms with Gasteiger partial charge in [-0.1, -0.05) is 0 Å². The van der Waals surface area contributed by atoms with Gasteiger partial charge in [-0.05, 0) is 84.1 Å². The van der Waals surface area contributed by atoms with Gasteiger partial charge in [0, 0.05) is 12.6 Å². The third kappa shape index (κ3) is 5.74. The molecule has 1 atom stereocenters. The molecule has 2 fully saturated rings. The molecule has 1 aliphatic carbocycles. The molecule has 1 heterocycles. The third-order valence-corrected chi connectivity index (χ3v) is 5.87. The lowest BCUT2D eigenvalue weighted by atomic mass is 9.86. The fourth-order valence-electron chi connectivity index (χ4n) is 3.49. The second kappa shape index (κ2) is 8.76. The Morgan fingerprint density at radius 1 is 1.29 bits per heavy atom. The third-order valence-electron chi connectivity index (χ3n) is 5.23. The molecular formula is C17H34N2OS. The topological polar surface area (TPSA) is 15.7 Å². The lowest BCUT2D eigenvalue weighted by Gasteiger charge is -2.43. The van der Waals surface area contributed by atoms with Gasteiger partial charge in [0.25, 0.3) is 0 Å². The lowest BCUT2D eigenvalue weighted by Crippen LogP contribution is -2.49. The van der Waals surface area contributed by atoms with E-state index in [1.807, 2.05) is 11.8 Å². The zero-order chi connectivity index (χ0) is 15.2. The molecule has 1 unspecified atom stereocenters. The maximum Gasteiger partial charge on any atom is 0.0608 e. The van der Waals surface area contributed by atoms with E-state index in [1.165, 1.54) is 57.5 Å². The Labute approximate surface area is 135 Å². The second-order valence-electron chi connectivity index (χ2n) is 7.16. The van der Waals surface area contributed by atoms with Crippen molar-refractivity contribution in [3.05, 3.63) is 0 Å². The van der Waals surface area contributed by atoms with Crippen molar-refractivity contribution in [1.82, 2.24) is 9.80 Å². The van der Waals surface area contributed by atoms with Crippen LogP contribution in [-0.2, 0) is 4.74 Å². The number of nitrogens with zero attached hydrogens (tertiary/aromatic N) is 2. The zero-order valence-corrected chi connectivity index (χ0v) is 15.2. The number of rotatable bonds is 8. The van der Waals surface area contributed by atoms with E-state index in [2.05, 4.69) is 37.1 Å². The van der Waals surface area contributed by atoms with Crippen LogP contribution in [0.3, 0.4) is 0 Å². The first-order valence-corrected chi connectivity index (χ1v) is 10.0. The zero-order valence-electron chi connectivity index (χ0n) is 14.4. The number of thioether (sulfide) groups is 1. The van der Waals surface area contributed by atoms with Crippen LogP contribution in [0.1, 0.15) is 39.0 Å². The first kappa shape index (κ1) is 17.6. The van der Waals surface area contributed by atoms with E-state index in [0.29, 0.717) is 12.2 Å². The quantitative estimate of drug-likeness (QED) is 0.684. The summed E-state index contributed by atoms with van der Waals surface area (Å²) < 4.78 is 6.13. The van der Waals surface area contributed by atoms with E-state index in [1.54, 1.807) is 0 Å². The van der Waals surface area contributed by atoms with Gasteiger partial charge in [0.05, 0.1) is 12.2 Å². The summed E-state index contributed by atoms with van der Waals surface area (Å²) in [6.07, 6.45) is 9.55. The molecule has 0 aromatic heterocycles. The Balaban J connectivity index is 1.58. The van der Waals surface area contributed by atoms with Crippen LogP contribution < -0.4 is 0 Å². The Kier molecular flexibility index (Phi) is 7.33. The minimum atomic E-state index is 0.433. The van der Waals surface area contributed by atoms with Crippen molar-refractivity contribution in [2.24, 2.45) is 5.92 Å². The monoisotopic (exact) mass is 314 g/mol. The maximum absolute atomic E-state index is 6.13. The molecule has 0 amide bonds. The number of likely N-dealkylation sites (tertiary alicyclic amines) is 1. The predicted molar refractivity (Wildman–Crippen MR) is 93.2 cm³/mol. The molecule has 0 aromatic carbocycles. The normalized spacial score (nSPS) is 29.6. The van der Waals surface area contributed by atoms with Gasteiger partial charge in [-0.15, -0.1) is 0 Å². The molecule has 0 radical (unpaired) electrons. The molecule has 0 aromatic rings. The summed E-state index contributed by atoms with van der Waals surface area (Å²) in [7, 11) is 4.56. The molecule has 1 saturated heterocycles. The fourth-order valence-corrected chi connectivity index (χ4v) is 4.06. The van der Waals surface area contributed by atoms with Gasteiger partial charge in [-0.2, -0.15) is 11.8 Å². The van der Waals surface area contributed by atoms with Crippen LogP contribution >= 0.6 is 11.8 Å². The van der Waals surface area contributed by atoms with E-state index in [0.717, 1.165) is 12.0 Å². The van der Waals surface area contributed by atoms with Crippen molar-refractivity contribution in [2.75, 3.05) is 45.7 Å². The molecule has 2 rings (SSSR count). The highest BCUT2D eigenvalue weighted by atomic mass is 32.2. The van der Waals surface area contributed by atoms with E-state index in [-0.39, 0.29) is 0 Å². The van der Waals surface area contributed by atoms with Crippen LogP contribution in [-0.4, -0.2) is 73.8 Å². The molecule has 0 N–H and O–H groups in total. The van der Waals surface area contributed by atoms with Crippen molar-refractivity contribution in [3.8, 4) is 0 Å². The molecular weight excluding hydrogens is 280 g/mol. The average Bonchev–Trinajstić information content (AvgIpc) is 2.42. The lowest BCUT2D eigenvalue weighted by molar-refractivity contribution is -0.0811. The highest BCUT2D eigenvalue weighted by Gasteiger charge is 2.34. The van der Waals surface area contributed by atoms with Gasteiger partial charge in [0.15, 0.2) is 0 Å². The standard InChI is InChI=1S/C17H34N2OS/c1-14(7-10-21-4)20-17-11-16(12-17)19(3)13-15-5-8-18(2)9-6-15/h14-17H,5-13H2,1-4H3. The molecule has 1 saturated carbocycles. The SMILES string of the molecule is CSCCC(C)OC1CC(N(C)CC2CCN(C)CC2)C1. The van der Waals surface area contributed by atoms with Gasteiger partial charge < -0.3 is 14.5 Å². The Morgan fingerprint density at radius 2 is 1.95 bits per heavy atom. The summed E-state index contributed by atoms with van der Waals surface area (Å²) >= 11 is 1.92. The highest BCUT2D eigenvalue weighted by Crippen LogP contribution is 2.30. The molecule has 4 heteroatoms.